The van der Waals surface area contributed by atoms with E-state index in [1.807, 2.05) is 0 Å². The first-order valence-corrected chi connectivity index (χ1v) is 14.0. The van der Waals surface area contributed by atoms with Gasteiger partial charge in [-0.25, -0.2) is 0 Å². The fraction of sp³-hybridized carbons (Fsp3) is 0.867. The first-order valence-electron chi connectivity index (χ1n) is 14.0. The molecule has 0 radical (unpaired) electrons. The van der Waals surface area contributed by atoms with Crippen LogP contribution < -0.4 is 0 Å². The lowest BCUT2D eigenvalue weighted by molar-refractivity contribution is -0.118. The fourth-order valence-corrected chi connectivity index (χ4v) is 5.41. The lowest BCUT2D eigenvalue weighted by atomic mass is 9.71. The van der Waals surface area contributed by atoms with Crippen LogP contribution in [0.1, 0.15) is 152 Å². The molecule has 0 aliphatic heterocycles. The number of aliphatic hydroxyl groups excluding tert-OH is 1. The molecule has 0 saturated carbocycles. The number of ketones is 1. The Morgan fingerprint density at radius 1 is 0.879 bits per heavy atom. The smallest absolute Gasteiger partial charge is 0.168 e. The molecule has 3 nitrogen and oxygen atoms in total. The van der Waals surface area contributed by atoms with E-state index in [2.05, 4.69) is 55.4 Å². The molecule has 1 aliphatic rings. The van der Waals surface area contributed by atoms with E-state index < -0.39 is 0 Å². The molecule has 1 aliphatic carbocycles. The third-order valence-electron chi connectivity index (χ3n) is 7.74. The third kappa shape index (κ3) is 9.95. The molecule has 0 aromatic carbocycles. The van der Waals surface area contributed by atoms with Crippen molar-refractivity contribution in [1.29, 1.82) is 0 Å². The SMILES string of the molecule is CCCCCCCC(C)(CC)CC(=NC(C)(CCC)CCCC)C1=C(O)CC(C)(C)CC1=O. The third-order valence-corrected chi connectivity index (χ3v) is 7.74. The molecular formula is C30H55NO2. The van der Waals surface area contributed by atoms with Crippen LogP contribution in [0.15, 0.2) is 16.3 Å². The van der Waals surface area contributed by atoms with Gasteiger partial charge in [0.05, 0.1) is 16.8 Å². The van der Waals surface area contributed by atoms with Crippen LogP contribution in [0, 0.1) is 10.8 Å². The van der Waals surface area contributed by atoms with Gasteiger partial charge in [-0.1, -0.05) is 106 Å². The Hall–Kier alpha value is -1.12. The maximum absolute atomic E-state index is 13.3. The van der Waals surface area contributed by atoms with Gasteiger partial charge in [0.1, 0.15) is 5.76 Å². The van der Waals surface area contributed by atoms with Crippen molar-refractivity contribution in [3.05, 3.63) is 11.3 Å². The van der Waals surface area contributed by atoms with E-state index in [1.54, 1.807) is 0 Å². The second kappa shape index (κ2) is 13.7. The van der Waals surface area contributed by atoms with Crippen molar-refractivity contribution < 1.29 is 9.90 Å². The minimum absolute atomic E-state index is 0.0817. The van der Waals surface area contributed by atoms with Crippen molar-refractivity contribution in [3.8, 4) is 0 Å². The molecule has 1 N–H and O–H groups in total. The topological polar surface area (TPSA) is 49.7 Å². The van der Waals surface area contributed by atoms with Crippen molar-refractivity contribution in [3.63, 3.8) is 0 Å². The minimum atomic E-state index is -0.182. The quantitative estimate of drug-likeness (QED) is 0.184. The van der Waals surface area contributed by atoms with E-state index in [0.717, 1.165) is 57.1 Å². The molecule has 3 heteroatoms. The largest absolute Gasteiger partial charge is 0.511 e. The minimum Gasteiger partial charge on any atom is -0.511 e. The van der Waals surface area contributed by atoms with Gasteiger partial charge in [0.25, 0.3) is 0 Å². The van der Waals surface area contributed by atoms with Gasteiger partial charge in [-0.2, -0.15) is 0 Å². The summed E-state index contributed by atoms with van der Waals surface area (Å²) >= 11 is 0. The number of aliphatic imine (C=N–C) groups is 1. The van der Waals surface area contributed by atoms with Crippen molar-refractivity contribution >= 4 is 11.5 Å². The van der Waals surface area contributed by atoms with Crippen LogP contribution in [0.5, 0.6) is 0 Å². The summed E-state index contributed by atoms with van der Waals surface area (Å²) in [5.41, 5.74) is 1.19. The Balaban J connectivity index is 3.36. The van der Waals surface area contributed by atoms with Gasteiger partial charge in [0, 0.05) is 12.8 Å². The number of rotatable bonds is 16. The van der Waals surface area contributed by atoms with Gasteiger partial charge in [-0.05, 0) is 43.4 Å². The highest BCUT2D eigenvalue weighted by molar-refractivity contribution is 6.23. The summed E-state index contributed by atoms with van der Waals surface area (Å²) in [6, 6.07) is 0. The predicted molar refractivity (Wildman–Crippen MR) is 144 cm³/mol. The second-order valence-corrected chi connectivity index (χ2v) is 12.2. The number of aliphatic hydroxyl groups is 1. The molecule has 2 atom stereocenters. The summed E-state index contributed by atoms with van der Waals surface area (Å²) in [5.74, 6) is 0.351. The molecule has 0 heterocycles. The van der Waals surface area contributed by atoms with Gasteiger partial charge < -0.3 is 5.11 Å². The van der Waals surface area contributed by atoms with E-state index in [4.69, 9.17) is 4.99 Å². The van der Waals surface area contributed by atoms with E-state index in [0.29, 0.717) is 18.4 Å². The zero-order valence-corrected chi connectivity index (χ0v) is 23.4. The zero-order valence-electron chi connectivity index (χ0n) is 23.4. The number of hydrogen-bond donors (Lipinski definition) is 1. The molecule has 0 saturated heterocycles. The predicted octanol–water partition coefficient (Wildman–Crippen LogP) is 9.54. The average Bonchev–Trinajstić information content (AvgIpc) is 2.70. The lowest BCUT2D eigenvalue weighted by Crippen LogP contribution is -2.34. The van der Waals surface area contributed by atoms with Crippen molar-refractivity contribution in [2.75, 3.05) is 0 Å². The van der Waals surface area contributed by atoms with Crippen LogP contribution in [-0.2, 0) is 4.79 Å². The normalized spacial score (nSPS) is 20.6. The molecule has 0 amide bonds. The van der Waals surface area contributed by atoms with Crippen molar-refractivity contribution in [2.45, 2.75) is 157 Å². The monoisotopic (exact) mass is 461 g/mol. The highest BCUT2D eigenvalue weighted by atomic mass is 16.3. The van der Waals surface area contributed by atoms with Crippen molar-refractivity contribution in [1.82, 2.24) is 0 Å². The zero-order chi connectivity index (χ0) is 25.1. The molecular weight excluding hydrogens is 406 g/mol. The first-order chi connectivity index (χ1) is 15.4. The van der Waals surface area contributed by atoms with E-state index in [-0.39, 0.29) is 27.9 Å². The molecule has 192 valence electrons. The number of nitrogens with zero attached hydrogens (tertiary/aromatic N) is 1. The molecule has 0 aromatic rings. The van der Waals surface area contributed by atoms with Gasteiger partial charge >= 0.3 is 0 Å². The van der Waals surface area contributed by atoms with Gasteiger partial charge in [-0.15, -0.1) is 0 Å². The number of carbonyl (C=O) groups is 1. The molecule has 33 heavy (non-hydrogen) atoms. The first kappa shape index (κ1) is 29.9. The molecule has 1 rings (SSSR count). The summed E-state index contributed by atoms with van der Waals surface area (Å²) in [4.78, 5) is 18.7. The Kier molecular flexibility index (Phi) is 12.4. The highest BCUT2D eigenvalue weighted by Crippen LogP contribution is 2.41. The summed E-state index contributed by atoms with van der Waals surface area (Å²) in [6.45, 7) is 17.7. The van der Waals surface area contributed by atoms with Crippen LogP contribution in [0.4, 0.5) is 0 Å². The number of carbonyl (C=O) groups excluding carboxylic acids is 1. The summed E-state index contributed by atoms with van der Waals surface area (Å²) in [7, 11) is 0. The van der Waals surface area contributed by atoms with Crippen LogP contribution in [-0.4, -0.2) is 22.1 Å². The Morgan fingerprint density at radius 2 is 1.52 bits per heavy atom. The summed E-state index contributed by atoms with van der Waals surface area (Å²) in [6.07, 6.45) is 15.9. The Labute approximate surface area is 205 Å². The molecule has 0 bridgehead atoms. The van der Waals surface area contributed by atoms with Crippen LogP contribution >= 0.6 is 0 Å². The summed E-state index contributed by atoms with van der Waals surface area (Å²) in [5, 5.41) is 11.1. The van der Waals surface area contributed by atoms with Gasteiger partial charge in [0.2, 0.25) is 0 Å². The van der Waals surface area contributed by atoms with Crippen LogP contribution in [0.2, 0.25) is 0 Å². The maximum Gasteiger partial charge on any atom is 0.168 e. The van der Waals surface area contributed by atoms with Crippen LogP contribution in [0.25, 0.3) is 0 Å². The molecule has 0 aromatic heterocycles. The Morgan fingerprint density at radius 3 is 2.06 bits per heavy atom. The summed E-state index contributed by atoms with van der Waals surface area (Å²) < 4.78 is 0. The maximum atomic E-state index is 13.3. The fourth-order valence-electron chi connectivity index (χ4n) is 5.41. The number of Topliss-reactive ketones (excluding diaryl/α,β-unsaturated/α-hetero) is 1. The number of unbranched alkanes of at least 4 members (excludes halogenated alkanes) is 5. The lowest BCUT2D eigenvalue weighted by Gasteiger charge is -2.35. The van der Waals surface area contributed by atoms with Crippen molar-refractivity contribution in [2.24, 2.45) is 15.8 Å². The standard InChI is InChI=1S/C30H55NO2/c1-9-13-15-16-17-19-29(7,12-4)21-24(31-30(8,18-11-3)20-14-10-2)27-25(32)22-28(5,6)23-26(27)33/h32H,9-23H2,1-8H3. The van der Waals surface area contributed by atoms with E-state index >= 15 is 0 Å². The van der Waals surface area contributed by atoms with Gasteiger partial charge in [-0.3, -0.25) is 9.79 Å². The molecule has 0 fully saturated rings. The highest BCUT2D eigenvalue weighted by Gasteiger charge is 2.38. The van der Waals surface area contributed by atoms with E-state index in [1.165, 1.54) is 32.1 Å². The molecule has 0 spiro atoms. The second-order valence-electron chi connectivity index (χ2n) is 12.2. The van der Waals surface area contributed by atoms with Crippen LogP contribution in [0.3, 0.4) is 0 Å². The van der Waals surface area contributed by atoms with Gasteiger partial charge in [0.15, 0.2) is 5.78 Å². The Bertz CT molecular complexity index is 675. The average molecular weight is 462 g/mol. The molecule has 2 unspecified atom stereocenters. The number of allylic oxidation sites excluding steroid dienone is 2. The number of hydrogen-bond acceptors (Lipinski definition) is 3. The van der Waals surface area contributed by atoms with E-state index in [9.17, 15) is 9.90 Å².